The van der Waals surface area contributed by atoms with Crippen LogP contribution in [0.4, 0.5) is 11.6 Å². The quantitative estimate of drug-likeness (QED) is 0.545. The molecule has 2 N–H and O–H groups in total. The lowest BCUT2D eigenvalue weighted by molar-refractivity contribution is -0.384. The second kappa shape index (κ2) is 4.61. The number of aryl methyl sites for hydroxylation is 1. The van der Waals surface area contributed by atoms with Crippen molar-refractivity contribution in [1.29, 1.82) is 0 Å². The molecule has 0 unspecified atom stereocenters. The first-order valence-electron chi connectivity index (χ1n) is 5.84. The summed E-state index contributed by atoms with van der Waals surface area (Å²) < 4.78 is 1.79. The zero-order chi connectivity index (χ0) is 14.1. The van der Waals surface area contributed by atoms with E-state index in [1.807, 2.05) is 7.05 Å². The summed E-state index contributed by atoms with van der Waals surface area (Å²) in [7, 11) is 1.85. The van der Waals surface area contributed by atoms with Crippen LogP contribution >= 0.6 is 0 Å². The van der Waals surface area contributed by atoms with Crippen molar-refractivity contribution in [2.45, 2.75) is 6.54 Å². The van der Waals surface area contributed by atoms with Crippen molar-refractivity contribution in [3.8, 4) is 0 Å². The number of hydrogen-bond donors (Lipinski definition) is 2. The highest BCUT2D eigenvalue weighted by molar-refractivity contribution is 5.79. The topological polar surface area (TPSA) is 115 Å². The van der Waals surface area contributed by atoms with Gasteiger partial charge in [0.25, 0.3) is 5.69 Å². The zero-order valence-electron chi connectivity index (χ0n) is 10.6. The molecule has 0 amide bonds. The molecule has 20 heavy (non-hydrogen) atoms. The Labute approximate surface area is 112 Å². The SMILES string of the molecule is Cn1cnnc1CNc1nc2ccc([N+](=O)[O-])cc2[nH]1. The van der Waals surface area contributed by atoms with Gasteiger partial charge in [0.1, 0.15) is 6.33 Å². The maximum Gasteiger partial charge on any atom is 0.271 e. The number of non-ortho nitro benzene ring substituents is 1. The molecule has 9 nitrogen and oxygen atoms in total. The average molecular weight is 273 g/mol. The number of aromatic amines is 1. The first-order chi connectivity index (χ1) is 9.63. The Morgan fingerprint density at radius 3 is 3.05 bits per heavy atom. The van der Waals surface area contributed by atoms with Crippen LogP contribution in [0.25, 0.3) is 11.0 Å². The minimum Gasteiger partial charge on any atom is -0.348 e. The van der Waals surface area contributed by atoms with Crippen LogP contribution in [-0.4, -0.2) is 29.7 Å². The standard InChI is InChI=1S/C11H11N7O2/c1-17-6-13-16-10(17)5-12-11-14-8-3-2-7(18(19)20)4-9(8)15-11/h2-4,6H,5H2,1H3,(H2,12,14,15). The van der Waals surface area contributed by atoms with Crippen LogP contribution in [0.3, 0.4) is 0 Å². The van der Waals surface area contributed by atoms with Crippen LogP contribution in [0.2, 0.25) is 0 Å². The molecule has 3 rings (SSSR count). The molecular weight excluding hydrogens is 262 g/mol. The second-order valence-corrected chi connectivity index (χ2v) is 4.26. The normalized spacial score (nSPS) is 10.8. The van der Waals surface area contributed by atoms with E-state index in [-0.39, 0.29) is 5.69 Å². The fraction of sp³-hybridized carbons (Fsp3) is 0.182. The number of nitro benzene ring substituents is 1. The predicted molar refractivity (Wildman–Crippen MR) is 71.1 cm³/mol. The number of aromatic nitrogens is 5. The minimum absolute atomic E-state index is 0.0287. The second-order valence-electron chi connectivity index (χ2n) is 4.26. The van der Waals surface area contributed by atoms with Crippen molar-refractivity contribution in [1.82, 2.24) is 24.7 Å². The molecule has 102 valence electrons. The first kappa shape index (κ1) is 12.1. The summed E-state index contributed by atoms with van der Waals surface area (Å²) >= 11 is 0. The number of benzene rings is 1. The first-order valence-corrected chi connectivity index (χ1v) is 5.84. The Bertz CT molecular complexity index is 776. The smallest absolute Gasteiger partial charge is 0.271 e. The van der Waals surface area contributed by atoms with Crippen molar-refractivity contribution in [3.63, 3.8) is 0 Å². The molecule has 0 radical (unpaired) electrons. The summed E-state index contributed by atoms with van der Waals surface area (Å²) in [5.41, 5.74) is 1.30. The average Bonchev–Trinajstić information content (AvgIpc) is 3.00. The molecule has 2 aromatic heterocycles. The third-order valence-corrected chi connectivity index (χ3v) is 2.90. The molecule has 9 heteroatoms. The highest BCUT2D eigenvalue weighted by Crippen LogP contribution is 2.20. The number of H-pyrrole nitrogens is 1. The van der Waals surface area contributed by atoms with Crippen molar-refractivity contribution >= 4 is 22.7 Å². The van der Waals surface area contributed by atoms with Gasteiger partial charge in [0.05, 0.1) is 22.5 Å². The Hall–Kier alpha value is -2.97. The van der Waals surface area contributed by atoms with E-state index in [2.05, 4.69) is 25.5 Å². The lowest BCUT2D eigenvalue weighted by atomic mass is 10.3. The van der Waals surface area contributed by atoms with Crippen LogP contribution in [0.1, 0.15) is 5.82 Å². The van der Waals surface area contributed by atoms with Crippen LogP contribution in [-0.2, 0) is 13.6 Å². The summed E-state index contributed by atoms with van der Waals surface area (Å²) in [4.78, 5) is 17.6. The lowest BCUT2D eigenvalue weighted by Crippen LogP contribution is -2.06. The number of hydrogen-bond acceptors (Lipinski definition) is 6. The van der Waals surface area contributed by atoms with E-state index in [4.69, 9.17) is 0 Å². The molecule has 3 aromatic rings. The lowest BCUT2D eigenvalue weighted by Gasteiger charge is -2.01. The van der Waals surface area contributed by atoms with E-state index in [9.17, 15) is 10.1 Å². The third kappa shape index (κ3) is 2.16. The van der Waals surface area contributed by atoms with Gasteiger partial charge in [-0.3, -0.25) is 10.1 Å². The Morgan fingerprint density at radius 1 is 1.50 bits per heavy atom. The molecule has 0 aliphatic heterocycles. The van der Waals surface area contributed by atoms with E-state index in [1.165, 1.54) is 12.1 Å². The third-order valence-electron chi connectivity index (χ3n) is 2.90. The van der Waals surface area contributed by atoms with Crippen molar-refractivity contribution in [3.05, 3.63) is 40.5 Å². The number of rotatable bonds is 4. The number of nitrogens with zero attached hydrogens (tertiary/aromatic N) is 5. The van der Waals surface area contributed by atoms with E-state index >= 15 is 0 Å². The minimum atomic E-state index is -0.438. The molecule has 0 aliphatic rings. The summed E-state index contributed by atoms with van der Waals surface area (Å²) in [6, 6.07) is 4.49. The zero-order valence-corrected chi connectivity index (χ0v) is 10.6. The van der Waals surface area contributed by atoms with Gasteiger partial charge in [-0.05, 0) is 6.07 Å². The highest BCUT2D eigenvalue weighted by atomic mass is 16.6. The van der Waals surface area contributed by atoms with Gasteiger partial charge < -0.3 is 14.9 Å². The van der Waals surface area contributed by atoms with Crippen LogP contribution in [0, 0.1) is 10.1 Å². The van der Waals surface area contributed by atoms with Crippen molar-refractivity contribution in [2.75, 3.05) is 5.32 Å². The number of fused-ring (bicyclic) bond motifs is 1. The van der Waals surface area contributed by atoms with Gasteiger partial charge in [-0.2, -0.15) is 0 Å². The number of anilines is 1. The number of nitrogens with one attached hydrogen (secondary N) is 2. The Kier molecular flexibility index (Phi) is 2.78. The summed E-state index contributed by atoms with van der Waals surface area (Å²) in [6.45, 7) is 0.457. The maximum atomic E-state index is 10.7. The van der Waals surface area contributed by atoms with Crippen LogP contribution in [0.5, 0.6) is 0 Å². The number of nitro groups is 1. The molecule has 0 saturated heterocycles. The van der Waals surface area contributed by atoms with Gasteiger partial charge in [0.15, 0.2) is 5.82 Å². The van der Waals surface area contributed by atoms with Crippen LogP contribution in [0.15, 0.2) is 24.5 Å². The summed E-state index contributed by atoms with van der Waals surface area (Å²) in [5.74, 6) is 1.29. The molecule has 1 aromatic carbocycles. The maximum absolute atomic E-state index is 10.7. The summed E-state index contributed by atoms with van der Waals surface area (Å²) in [6.07, 6.45) is 1.61. The van der Waals surface area contributed by atoms with Crippen LogP contribution < -0.4 is 5.32 Å². The van der Waals surface area contributed by atoms with E-state index in [1.54, 1.807) is 17.0 Å². The number of imidazole rings is 1. The van der Waals surface area contributed by atoms with Gasteiger partial charge in [0.2, 0.25) is 5.95 Å². The monoisotopic (exact) mass is 273 g/mol. The van der Waals surface area contributed by atoms with Gasteiger partial charge >= 0.3 is 0 Å². The molecule has 0 spiro atoms. The highest BCUT2D eigenvalue weighted by Gasteiger charge is 2.10. The molecule has 0 aliphatic carbocycles. The van der Waals surface area contributed by atoms with Gasteiger partial charge in [-0.15, -0.1) is 10.2 Å². The Balaban J connectivity index is 1.82. The molecule has 0 bridgehead atoms. The molecular formula is C11H11N7O2. The summed E-state index contributed by atoms with van der Waals surface area (Å²) in [5, 5.41) is 21.5. The fourth-order valence-corrected chi connectivity index (χ4v) is 1.82. The predicted octanol–water partition coefficient (Wildman–Crippen LogP) is 1.21. The largest absolute Gasteiger partial charge is 0.348 e. The van der Waals surface area contributed by atoms with Gasteiger partial charge in [0, 0.05) is 19.2 Å². The van der Waals surface area contributed by atoms with E-state index in [0.29, 0.717) is 23.5 Å². The molecule has 2 heterocycles. The molecule has 0 fully saturated rings. The molecule has 0 atom stereocenters. The van der Waals surface area contributed by atoms with E-state index < -0.39 is 4.92 Å². The van der Waals surface area contributed by atoms with Crippen molar-refractivity contribution < 1.29 is 4.92 Å². The Morgan fingerprint density at radius 2 is 2.35 bits per heavy atom. The van der Waals surface area contributed by atoms with E-state index in [0.717, 1.165) is 5.82 Å². The molecule has 0 saturated carbocycles. The fourth-order valence-electron chi connectivity index (χ4n) is 1.82. The van der Waals surface area contributed by atoms with Gasteiger partial charge in [-0.1, -0.05) is 0 Å². The van der Waals surface area contributed by atoms with Gasteiger partial charge in [-0.25, -0.2) is 4.98 Å². The van der Waals surface area contributed by atoms with Crippen molar-refractivity contribution in [2.24, 2.45) is 7.05 Å².